The summed E-state index contributed by atoms with van der Waals surface area (Å²) in [6.45, 7) is 0. The minimum absolute atomic E-state index is 0.129. The number of nitro benzene ring substituents is 1. The number of nitrogens with one attached hydrogen (secondary N) is 1. The van der Waals surface area contributed by atoms with Crippen LogP contribution in [-0.4, -0.2) is 15.9 Å². The number of anilines is 1. The van der Waals surface area contributed by atoms with E-state index < -0.39 is 0 Å². The average molecular weight is 295 g/mol. The van der Waals surface area contributed by atoms with Gasteiger partial charge in [0.2, 0.25) is 0 Å². The molecule has 112 valence electrons. The highest BCUT2D eigenvalue weighted by atomic mass is 16.6. The van der Waals surface area contributed by atoms with Gasteiger partial charge in [0, 0.05) is 18.3 Å². The highest BCUT2D eigenvalue weighted by molar-refractivity contribution is 5.96. The van der Waals surface area contributed by atoms with Gasteiger partial charge in [-0.1, -0.05) is 0 Å². The Labute approximate surface area is 127 Å². The first kappa shape index (κ1) is 12.4. The van der Waals surface area contributed by atoms with Crippen molar-refractivity contribution < 1.29 is 4.92 Å². The average Bonchev–Trinajstić information content (AvgIpc) is 2.91. The van der Waals surface area contributed by atoms with E-state index in [1.54, 1.807) is 24.4 Å². The Hall–Kier alpha value is -2.17. The summed E-state index contributed by atoms with van der Waals surface area (Å²) < 4.78 is 0. The van der Waals surface area contributed by atoms with E-state index in [0.29, 0.717) is 16.9 Å². The van der Waals surface area contributed by atoms with Crippen LogP contribution in [0, 0.1) is 33.8 Å². The molecule has 2 bridgehead atoms. The molecule has 22 heavy (non-hydrogen) atoms. The third kappa shape index (κ3) is 1.56. The van der Waals surface area contributed by atoms with Gasteiger partial charge in [0.05, 0.1) is 16.0 Å². The van der Waals surface area contributed by atoms with Crippen molar-refractivity contribution in [1.29, 1.82) is 0 Å². The molecule has 5 nitrogen and oxygen atoms in total. The molecule has 5 heteroatoms. The molecule has 2 aromatic rings. The fraction of sp³-hybridized carbons (Fsp3) is 0.471. The predicted octanol–water partition coefficient (Wildman–Crippen LogP) is 3.60. The molecule has 1 N–H and O–H groups in total. The lowest BCUT2D eigenvalue weighted by atomic mass is 10.0. The first-order valence-corrected chi connectivity index (χ1v) is 8.02. The molecule has 4 atom stereocenters. The molecule has 0 radical (unpaired) electrons. The van der Waals surface area contributed by atoms with Gasteiger partial charge in [-0.15, -0.1) is 0 Å². The molecule has 0 saturated heterocycles. The standard InChI is InChI=1S/C17H17N3O2/c21-20(22)13-6-5-12(16-11(13)2-1-7-18-16)19-17-14-9-3-4-10(8-9)15(14)17/h1-2,5-7,9-10,14-15,17,19H,3-4,8H2. The van der Waals surface area contributed by atoms with E-state index in [0.717, 1.165) is 29.4 Å². The molecular weight excluding hydrogens is 278 g/mol. The number of hydrogen-bond acceptors (Lipinski definition) is 4. The molecule has 1 heterocycles. The molecule has 1 aromatic carbocycles. The Kier molecular flexibility index (Phi) is 2.35. The first-order chi connectivity index (χ1) is 10.7. The fourth-order valence-corrected chi connectivity index (χ4v) is 5.13. The topological polar surface area (TPSA) is 68.1 Å². The van der Waals surface area contributed by atoms with E-state index in [1.165, 1.54) is 19.3 Å². The number of aromatic nitrogens is 1. The SMILES string of the molecule is O=[N+]([O-])c1ccc(NC2C3C4CCC(C4)C23)c2ncccc12. The van der Waals surface area contributed by atoms with Crippen LogP contribution >= 0.6 is 0 Å². The molecule has 0 spiro atoms. The van der Waals surface area contributed by atoms with Gasteiger partial charge < -0.3 is 5.32 Å². The Morgan fingerprint density at radius 3 is 2.68 bits per heavy atom. The molecule has 0 aliphatic heterocycles. The maximum atomic E-state index is 11.2. The number of rotatable bonds is 3. The van der Waals surface area contributed by atoms with E-state index in [1.807, 2.05) is 6.07 Å². The molecule has 5 rings (SSSR count). The number of nitro groups is 1. The zero-order valence-corrected chi connectivity index (χ0v) is 12.1. The van der Waals surface area contributed by atoms with Gasteiger partial charge in [-0.3, -0.25) is 15.1 Å². The normalized spacial score (nSPS) is 34.6. The van der Waals surface area contributed by atoms with Crippen LogP contribution in [-0.2, 0) is 0 Å². The van der Waals surface area contributed by atoms with Crippen molar-refractivity contribution in [2.45, 2.75) is 25.3 Å². The number of pyridine rings is 1. The van der Waals surface area contributed by atoms with Crippen LogP contribution in [0.3, 0.4) is 0 Å². The van der Waals surface area contributed by atoms with Crippen LogP contribution in [0.4, 0.5) is 11.4 Å². The van der Waals surface area contributed by atoms with Gasteiger partial charge in [0.1, 0.15) is 5.52 Å². The summed E-state index contributed by atoms with van der Waals surface area (Å²) in [5, 5.41) is 15.4. The van der Waals surface area contributed by atoms with Gasteiger partial charge in [-0.2, -0.15) is 0 Å². The van der Waals surface area contributed by atoms with Crippen molar-refractivity contribution in [1.82, 2.24) is 4.98 Å². The van der Waals surface area contributed by atoms with Gasteiger partial charge in [0.25, 0.3) is 5.69 Å². The van der Waals surface area contributed by atoms with Crippen molar-refractivity contribution in [2.75, 3.05) is 5.32 Å². The van der Waals surface area contributed by atoms with Crippen LogP contribution in [0.2, 0.25) is 0 Å². The third-order valence-electron chi connectivity index (χ3n) is 6.00. The van der Waals surface area contributed by atoms with E-state index in [2.05, 4.69) is 10.3 Å². The summed E-state index contributed by atoms with van der Waals surface area (Å²) in [4.78, 5) is 15.2. The Morgan fingerprint density at radius 2 is 1.95 bits per heavy atom. The summed E-state index contributed by atoms with van der Waals surface area (Å²) >= 11 is 0. The van der Waals surface area contributed by atoms with E-state index in [-0.39, 0.29) is 10.6 Å². The number of fused-ring (bicyclic) bond motifs is 6. The van der Waals surface area contributed by atoms with E-state index in [4.69, 9.17) is 0 Å². The second-order valence-electron chi connectivity index (χ2n) is 6.95. The maximum Gasteiger partial charge on any atom is 0.278 e. The Morgan fingerprint density at radius 1 is 1.18 bits per heavy atom. The molecule has 3 saturated carbocycles. The van der Waals surface area contributed by atoms with Crippen molar-refractivity contribution in [2.24, 2.45) is 23.7 Å². The summed E-state index contributed by atoms with van der Waals surface area (Å²) in [5.74, 6) is 3.47. The summed E-state index contributed by atoms with van der Waals surface area (Å²) in [6, 6.07) is 7.51. The molecule has 3 aliphatic carbocycles. The fourth-order valence-electron chi connectivity index (χ4n) is 5.13. The molecule has 3 fully saturated rings. The van der Waals surface area contributed by atoms with Crippen LogP contribution in [0.5, 0.6) is 0 Å². The van der Waals surface area contributed by atoms with Crippen LogP contribution in [0.1, 0.15) is 19.3 Å². The number of hydrogen-bond donors (Lipinski definition) is 1. The maximum absolute atomic E-state index is 11.2. The summed E-state index contributed by atoms with van der Waals surface area (Å²) in [7, 11) is 0. The van der Waals surface area contributed by atoms with Gasteiger partial charge in [-0.05, 0) is 61.1 Å². The smallest absolute Gasteiger partial charge is 0.278 e. The Bertz CT molecular complexity index is 775. The minimum Gasteiger partial charge on any atom is -0.380 e. The molecule has 3 aliphatic rings. The lowest BCUT2D eigenvalue weighted by molar-refractivity contribution is -0.383. The molecular formula is C17H17N3O2. The van der Waals surface area contributed by atoms with Crippen LogP contribution < -0.4 is 5.32 Å². The number of benzene rings is 1. The molecule has 1 aromatic heterocycles. The van der Waals surface area contributed by atoms with Gasteiger partial charge in [-0.25, -0.2) is 0 Å². The first-order valence-electron chi connectivity index (χ1n) is 8.02. The predicted molar refractivity (Wildman–Crippen MR) is 83.6 cm³/mol. The lowest BCUT2D eigenvalue weighted by Crippen LogP contribution is -2.13. The summed E-state index contributed by atoms with van der Waals surface area (Å²) in [5.41, 5.74) is 1.79. The van der Waals surface area contributed by atoms with Crippen molar-refractivity contribution in [3.63, 3.8) is 0 Å². The second kappa shape index (κ2) is 4.18. The third-order valence-corrected chi connectivity index (χ3v) is 6.00. The molecule has 0 amide bonds. The molecule has 4 unspecified atom stereocenters. The largest absolute Gasteiger partial charge is 0.380 e. The van der Waals surface area contributed by atoms with Gasteiger partial charge in [0.15, 0.2) is 0 Å². The van der Waals surface area contributed by atoms with Crippen molar-refractivity contribution >= 4 is 22.3 Å². The van der Waals surface area contributed by atoms with Crippen molar-refractivity contribution in [3.05, 3.63) is 40.6 Å². The van der Waals surface area contributed by atoms with E-state index >= 15 is 0 Å². The quantitative estimate of drug-likeness (QED) is 0.694. The highest BCUT2D eigenvalue weighted by Gasteiger charge is 2.65. The van der Waals surface area contributed by atoms with Crippen LogP contribution in [0.15, 0.2) is 30.5 Å². The van der Waals surface area contributed by atoms with Gasteiger partial charge >= 0.3 is 0 Å². The van der Waals surface area contributed by atoms with E-state index in [9.17, 15) is 10.1 Å². The minimum atomic E-state index is -0.333. The van der Waals surface area contributed by atoms with Crippen molar-refractivity contribution in [3.8, 4) is 0 Å². The Balaban J connectivity index is 1.51. The second-order valence-corrected chi connectivity index (χ2v) is 6.95. The number of nitrogens with zero attached hydrogens (tertiary/aromatic N) is 2. The zero-order chi connectivity index (χ0) is 14.8. The summed E-state index contributed by atoms with van der Waals surface area (Å²) in [6.07, 6.45) is 5.91. The monoisotopic (exact) mass is 295 g/mol. The van der Waals surface area contributed by atoms with Crippen LogP contribution in [0.25, 0.3) is 10.9 Å². The highest BCUT2D eigenvalue weighted by Crippen LogP contribution is 2.66. The number of non-ortho nitro benzene ring substituents is 1. The lowest BCUT2D eigenvalue weighted by Gasteiger charge is -2.13. The zero-order valence-electron chi connectivity index (χ0n) is 12.1.